The Morgan fingerprint density at radius 3 is 2.54 bits per heavy atom. The zero-order valence-corrected chi connectivity index (χ0v) is 16.3. The van der Waals surface area contributed by atoms with E-state index in [0.717, 1.165) is 10.6 Å². The molecule has 2 heterocycles. The molecule has 2 atom stereocenters. The summed E-state index contributed by atoms with van der Waals surface area (Å²) in [6.45, 7) is 6.79. The van der Waals surface area contributed by atoms with Gasteiger partial charge in [0.05, 0.1) is 24.8 Å². The number of carbonyl (C=O) groups excluding carboxylic acids is 2. The molecule has 1 saturated heterocycles. The highest BCUT2D eigenvalue weighted by atomic mass is 32.2. The van der Waals surface area contributed by atoms with Gasteiger partial charge in [-0.3, -0.25) is 9.59 Å². The summed E-state index contributed by atoms with van der Waals surface area (Å²) in [4.78, 5) is 29.5. The SMILES string of the molecule is C=C(C(C(=O)c1ccccc1)C1Sc2ccccc2NC1=O)N1CCOCC1. The number of carbonyl (C=O) groups is 2. The normalized spacial score (nSPS) is 20.1. The zero-order valence-electron chi connectivity index (χ0n) is 15.5. The van der Waals surface area contributed by atoms with E-state index in [-0.39, 0.29) is 11.7 Å². The molecule has 0 aliphatic carbocycles. The number of ether oxygens (including phenoxy) is 1. The molecule has 2 aromatic rings. The molecule has 6 heteroatoms. The van der Waals surface area contributed by atoms with Crippen LogP contribution in [-0.2, 0) is 9.53 Å². The van der Waals surface area contributed by atoms with Crippen LogP contribution in [-0.4, -0.2) is 48.1 Å². The number of Topliss-reactive ketones (excluding diaryl/α,β-unsaturated/α-hetero) is 1. The van der Waals surface area contributed by atoms with Gasteiger partial charge in [0.2, 0.25) is 5.91 Å². The van der Waals surface area contributed by atoms with Crippen molar-refractivity contribution < 1.29 is 14.3 Å². The van der Waals surface area contributed by atoms with Gasteiger partial charge in [0, 0.05) is 29.2 Å². The quantitative estimate of drug-likeness (QED) is 0.788. The second-order valence-electron chi connectivity index (χ2n) is 6.82. The smallest absolute Gasteiger partial charge is 0.239 e. The van der Waals surface area contributed by atoms with Gasteiger partial charge < -0.3 is 15.0 Å². The fraction of sp³-hybridized carbons (Fsp3) is 0.273. The third-order valence-electron chi connectivity index (χ3n) is 5.08. The minimum atomic E-state index is -0.640. The number of fused-ring (bicyclic) bond motifs is 1. The molecule has 5 nitrogen and oxygen atoms in total. The maximum Gasteiger partial charge on any atom is 0.239 e. The fourth-order valence-corrected chi connectivity index (χ4v) is 4.84. The number of morpholine rings is 1. The first-order valence-corrected chi connectivity index (χ1v) is 10.2. The average molecular weight is 394 g/mol. The lowest BCUT2D eigenvalue weighted by molar-refractivity contribution is -0.116. The highest BCUT2D eigenvalue weighted by molar-refractivity contribution is 8.01. The molecule has 0 aromatic heterocycles. The van der Waals surface area contributed by atoms with Crippen molar-refractivity contribution in [2.75, 3.05) is 31.6 Å². The second-order valence-corrected chi connectivity index (χ2v) is 8.01. The summed E-state index contributed by atoms with van der Waals surface area (Å²) in [5.41, 5.74) is 2.06. The molecule has 0 spiro atoms. The molecule has 1 N–H and O–H groups in total. The summed E-state index contributed by atoms with van der Waals surface area (Å²) < 4.78 is 5.44. The predicted octanol–water partition coefficient (Wildman–Crippen LogP) is 3.44. The number of rotatable bonds is 5. The number of para-hydroxylation sites is 1. The maximum absolute atomic E-state index is 13.5. The first-order valence-electron chi connectivity index (χ1n) is 9.32. The standard InChI is InChI=1S/C22H22N2O3S/c1-15(24-11-13-27-14-12-24)19(20(25)16-7-3-2-4-8-16)21-22(26)23-17-9-5-6-10-18(17)28-21/h2-10,19,21H,1,11-14H2,(H,23,26). The molecule has 2 unspecified atom stereocenters. The molecule has 0 bridgehead atoms. The van der Waals surface area contributed by atoms with Gasteiger partial charge in [-0.2, -0.15) is 0 Å². The number of hydrogen-bond donors (Lipinski definition) is 1. The number of anilines is 1. The largest absolute Gasteiger partial charge is 0.378 e. The highest BCUT2D eigenvalue weighted by Crippen LogP contribution is 2.41. The van der Waals surface area contributed by atoms with Crippen LogP contribution in [0, 0.1) is 5.92 Å². The van der Waals surface area contributed by atoms with Crippen LogP contribution in [0.1, 0.15) is 10.4 Å². The molecule has 0 radical (unpaired) electrons. The van der Waals surface area contributed by atoms with Crippen LogP contribution in [0.25, 0.3) is 0 Å². The molecule has 2 aliphatic heterocycles. The van der Waals surface area contributed by atoms with Crippen molar-refractivity contribution in [1.82, 2.24) is 4.90 Å². The van der Waals surface area contributed by atoms with E-state index in [0.29, 0.717) is 37.6 Å². The summed E-state index contributed by atoms with van der Waals surface area (Å²) in [7, 11) is 0. The Balaban J connectivity index is 1.69. The van der Waals surface area contributed by atoms with Gasteiger partial charge in [-0.15, -0.1) is 11.8 Å². The summed E-state index contributed by atoms with van der Waals surface area (Å²) in [5, 5.41) is 2.39. The Bertz CT molecular complexity index is 894. The number of nitrogens with one attached hydrogen (secondary N) is 1. The fourth-order valence-electron chi connectivity index (χ4n) is 3.58. The lowest BCUT2D eigenvalue weighted by atomic mass is 9.90. The van der Waals surface area contributed by atoms with E-state index in [9.17, 15) is 9.59 Å². The monoisotopic (exact) mass is 394 g/mol. The minimum absolute atomic E-state index is 0.0795. The second kappa shape index (κ2) is 8.20. The maximum atomic E-state index is 13.5. The van der Waals surface area contributed by atoms with Crippen molar-refractivity contribution in [1.29, 1.82) is 0 Å². The van der Waals surface area contributed by atoms with E-state index in [4.69, 9.17) is 4.74 Å². The first kappa shape index (κ1) is 18.8. The third-order valence-corrected chi connectivity index (χ3v) is 6.43. The molecule has 1 amide bonds. The highest BCUT2D eigenvalue weighted by Gasteiger charge is 2.41. The number of hydrogen-bond acceptors (Lipinski definition) is 5. The molecule has 2 aliphatic rings. The van der Waals surface area contributed by atoms with Crippen molar-refractivity contribution in [3.63, 3.8) is 0 Å². The molecule has 0 saturated carbocycles. The van der Waals surface area contributed by atoms with Gasteiger partial charge in [-0.1, -0.05) is 49.0 Å². The van der Waals surface area contributed by atoms with E-state index in [1.807, 2.05) is 42.5 Å². The van der Waals surface area contributed by atoms with Crippen LogP contribution < -0.4 is 5.32 Å². The van der Waals surface area contributed by atoms with Gasteiger partial charge in [0.1, 0.15) is 5.25 Å². The van der Waals surface area contributed by atoms with E-state index >= 15 is 0 Å². The number of thioether (sulfide) groups is 1. The van der Waals surface area contributed by atoms with Crippen LogP contribution in [0.2, 0.25) is 0 Å². The Morgan fingerprint density at radius 2 is 1.79 bits per heavy atom. The molecule has 2 aromatic carbocycles. The van der Waals surface area contributed by atoms with E-state index < -0.39 is 11.2 Å². The Morgan fingerprint density at radius 1 is 1.11 bits per heavy atom. The van der Waals surface area contributed by atoms with E-state index in [2.05, 4.69) is 16.8 Å². The van der Waals surface area contributed by atoms with E-state index in [1.165, 1.54) is 11.8 Å². The van der Waals surface area contributed by atoms with Gasteiger partial charge in [-0.05, 0) is 12.1 Å². The summed E-state index contributed by atoms with van der Waals surface area (Å²) in [6, 6.07) is 16.8. The Labute approximate surface area is 168 Å². The lowest BCUT2D eigenvalue weighted by Crippen LogP contribution is -2.45. The molecular weight excluding hydrogens is 372 g/mol. The van der Waals surface area contributed by atoms with Crippen LogP contribution in [0.5, 0.6) is 0 Å². The van der Waals surface area contributed by atoms with Gasteiger partial charge in [0.25, 0.3) is 0 Å². The summed E-state index contributed by atoms with van der Waals surface area (Å²) in [5.74, 6) is -0.879. The minimum Gasteiger partial charge on any atom is -0.378 e. The van der Waals surface area contributed by atoms with Crippen molar-refractivity contribution in [2.45, 2.75) is 10.1 Å². The van der Waals surface area contributed by atoms with Crippen molar-refractivity contribution in [3.05, 3.63) is 72.4 Å². The average Bonchev–Trinajstić information content (AvgIpc) is 2.75. The van der Waals surface area contributed by atoms with Gasteiger partial charge in [-0.25, -0.2) is 0 Å². The summed E-state index contributed by atoms with van der Waals surface area (Å²) >= 11 is 1.44. The zero-order chi connectivity index (χ0) is 19.5. The third kappa shape index (κ3) is 3.70. The molecule has 144 valence electrons. The van der Waals surface area contributed by atoms with Gasteiger partial charge in [0.15, 0.2) is 5.78 Å². The van der Waals surface area contributed by atoms with Crippen molar-refractivity contribution >= 4 is 29.1 Å². The number of benzene rings is 2. The van der Waals surface area contributed by atoms with Crippen LogP contribution in [0.15, 0.2) is 71.8 Å². The first-order chi connectivity index (χ1) is 13.6. The molecule has 4 rings (SSSR count). The molecule has 1 fully saturated rings. The van der Waals surface area contributed by atoms with E-state index in [1.54, 1.807) is 12.1 Å². The Kier molecular flexibility index (Phi) is 5.50. The van der Waals surface area contributed by atoms with Gasteiger partial charge >= 0.3 is 0 Å². The van der Waals surface area contributed by atoms with Crippen molar-refractivity contribution in [3.8, 4) is 0 Å². The number of ketones is 1. The Hall–Kier alpha value is -2.57. The lowest BCUT2D eigenvalue weighted by Gasteiger charge is -2.37. The molecular formula is C22H22N2O3S. The summed E-state index contributed by atoms with van der Waals surface area (Å²) in [6.07, 6.45) is 0. The van der Waals surface area contributed by atoms with Crippen LogP contribution >= 0.6 is 11.8 Å². The van der Waals surface area contributed by atoms with Crippen LogP contribution in [0.3, 0.4) is 0 Å². The predicted molar refractivity (Wildman–Crippen MR) is 111 cm³/mol. The number of allylic oxidation sites excluding steroid dienone is 1. The topological polar surface area (TPSA) is 58.6 Å². The number of nitrogens with zero attached hydrogens (tertiary/aromatic N) is 1. The van der Waals surface area contributed by atoms with Crippen molar-refractivity contribution in [2.24, 2.45) is 5.92 Å². The molecule has 28 heavy (non-hydrogen) atoms. The van der Waals surface area contributed by atoms with Crippen LogP contribution in [0.4, 0.5) is 5.69 Å². The number of amides is 1.